The lowest BCUT2D eigenvalue weighted by atomic mass is 9.81. The summed E-state index contributed by atoms with van der Waals surface area (Å²) in [4.78, 5) is 45.3. The largest absolute Gasteiger partial charge is 0.519 e. The number of hydrogen-bond donors (Lipinski definition) is 0. The third-order valence-corrected chi connectivity index (χ3v) is 3.76. The van der Waals surface area contributed by atoms with Gasteiger partial charge >= 0.3 is 24.2 Å². The minimum absolute atomic E-state index is 0.0288. The third-order valence-electron chi connectivity index (χ3n) is 3.76. The van der Waals surface area contributed by atoms with Crippen LogP contribution in [0.25, 0.3) is 0 Å². The summed E-state index contributed by atoms with van der Waals surface area (Å²) < 4.78 is 18.8. The fourth-order valence-corrected chi connectivity index (χ4v) is 2.85. The van der Waals surface area contributed by atoms with Gasteiger partial charge in [0, 0.05) is 12.3 Å². The molecule has 8 nitrogen and oxygen atoms in total. The van der Waals surface area contributed by atoms with Crippen LogP contribution in [0.3, 0.4) is 0 Å². The highest BCUT2D eigenvalue weighted by Gasteiger charge is 2.45. The van der Waals surface area contributed by atoms with E-state index in [4.69, 9.17) is 9.47 Å². The van der Waals surface area contributed by atoms with Crippen LogP contribution in [0, 0.1) is 11.8 Å². The normalized spacial score (nSPS) is 35.8. The highest BCUT2D eigenvalue weighted by Crippen LogP contribution is 2.36. The van der Waals surface area contributed by atoms with Gasteiger partial charge in [0.15, 0.2) is 0 Å². The smallest absolute Gasteiger partial charge is 0.426 e. The quantitative estimate of drug-likeness (QED) is 0.306. The molecule has 2 heterocycles. The summed E-state index contributed by atoms with van der Waals surface area (Å²) in [5, 5.41) is 0. The molecule has 0 aromatic carbocycles. The Bertz CT molecular complexity index is 563. The minimum Gasteiger partial charge on any atom is -0.426 e. The van der Waals surface area contributed by atoms with Crippen molar-refractivity contribution in [2.45, 2.75) is 32.0 Å². The summed E-state index contributed by atoms with van der Waals surface area (Å²) in [5.41, 5.74) is 0.644. The summed E-state index contributed by atoms with van der Waals surface area (Å²) in [6, 6.07) is 0. The molecule has 0 saturated carbocycles. The van der Waals surface area contributed by atoms with Gasteiger partial charge in [0.1, 0.15) is 12.2 Å². The average Bonchev–Trinajstić information content (AvgIpc) is 2.63. The molecule has 8 heteroatoms. The molecule has 0 spiro atoms. The molecule has 0 aromatic rings. The Balaban J connectivity index is 1.85. The van der Waals surface area contributed by atoms with Gasteiger partial charge in [-0.05, 0) is 0 Å². The van der Waals surface area contributed by atoms with E-state index in [1.54, 1.807) is 13.0 Å². The van der Waals surface area contributed by atoms with Crippen molar-refractivity contribution in [3.63, 3.8) is 0 Å². The van der Waals surface area contributed by atoms with Crippen molar-refractivity contribution in [2.24, 2.45) is 11.8 Å². The van der Waals surface area contributed by atoms with Crippen molar-refractivity contribution >= 4 is 24.2 Å². The molecule has 21 heavy (non-hydrogen) atoms. The molecule has 4 unspecified atom stereocenters. The van der Waals surface area contributed by atoms with Crippen LogP contribution in [0.4, 0.5) is 9.59 Å². The maximum Gasteiger partial charge on any atom is 0.519 e. The van der Waals surface area contributed by atoms with Crippen LogP contribution in [0.5, 0.6) is 0 Å². The number of fused-ring (bicyclic) bond motifs is 1. The van der Waals surface area contributed by atoms with Crippen LogP contribution in [0.1, 0.15) is 19.8 Å². The van der Waals surface area contributed by atoms with Gasteiger partial charge in [-0.1, -0.05) is 18.6 Å². The minimum atomic E-state index is -1.13. The number of cyclic esters (lactones) is 4. The van der Waals surface area contributed by atoms with Crippen LogP contribution in [-0.4, -0.2) is 36.5 Å². The van der Waals surface area contributed by atoms with Crippen molar-refractivity contribution in [1.29, 1.82) is 0 Å². The van der Waals surface area contributed by atoms with Crippen LogP contribution < -0.4 is 0 Å². The summed E-state index contributed by atoms with van der Waals surface area (Å²) in [5.74, 6) is -2.14. The van der Waals surface area contributed by atoms with Gasteiger partial charge < -0.3 is 18.9 Å². The maximum absolute atomic E-state index is 11.6. The molecule has 3 rings (SSSR count). The highest BCUT2D eigenvalue weighted by atomic mass is 16.8. The number of carbonyl (C=O) groups is 4. The summed E-state index contributed by atoms with van der Waals surface area (Å²) in [7, 11) is 0. The number of esters is 2. The lowest BCUT2D eigenvalue weighted by molar-refractivity contribution is -0.152. The van der Waals surface area contributed by atoms with Crippen LogP contribution >= 0.6 is 0 Å². The molecule has 2 aliphatic heterocycles. The molecule has 2 fully saturated rings. The van der Waals surface area contributed by atoms with E-state index < -0.39 is 42.4 Å². The van der Waals surface area contributed by atoms with Gasteiger partial charge in [-0.3, -0.25) is 9.59 Å². The van der Waals surface area contributed by atoms with Gasteiger partial charge in [-0.2, -0.15) is 0 Å². The molecule has 0 amide bonds. The fourth-order valence-electron chi connectivity index (χ4n) is 2.85. The number of hydrogen-bond acceptors (Lipinski definition) is 8. The van der Waals surface area contributed by atoms with E-state index in [1.807, 2.05) is 0 Å². The van der Waals surface area contributed by atoms with Crippen molar-refractivity contribution in [3.8, 4) is 0 Å². The van der Waals surface area contributed by atoms with E-state index in [0.29, 0.717) is 5.57 Å². The van der Waals surface area contributed by atoms with E-state index in [0.717, 1.165) is 0 Å². The molecule has 3 aliphatic rings. The standard InChI is InChI=1S/C13H12O8/c1-5-2-6(7-4-9(14)19-11(7)15)3-8-10(5)20-13(17)21-12(16)18-8/h2,5,7-8,10H,3-4H2,1H3. The van der Waals surface area contributed by atoms with Crippen LogP contribution in [0.2, 0.25) is 0 Å². The van der Waals surface area contributed by atoms with Gasteiger partial charge in [0.05, 0.1) is 12.3 Å². The Hall–Kier alpha value is -2.38. The predicted molar refractivity (Wildman–Crippen MR) is 62.7 cm³/mol. The topological polar surface area (TPSA) is 105 Å². The molecule has 0 N–H and O–H groups in total. The van der Waals surface area contributed by atoms with E-state index in [2.05, 4.69) is 9.47 Å². The molecule has 0 radical (unpaired) electrons. The Morgan fingerprint density at radius 2 is 1.71 bits per heavy atom. The first-order valence-electron chi connectivity index (χ1n) is 6.48. The van der Waals surface area contributed by atoms with Crippen molar-refractivity contribution in [2.75, 3.05) is 0 Å². The Morgan fingerprint density at radius 3 is 2.38 bits per heavy atom. The van der Waals surface area contributed by atoms with E-state index in [1.165, 1.54) is 0 Å². The Labute approximate surface area is 119 Å². The van der Waals surface area contributed by atoms with E-state index in [-0.39, 0.29) is 18.8 Å². The molecule has 0 bridgehead atoms. The highest BCUT2D eigenvalue weighted by molar-refractivity contribution is 5.96. The second-order valence-corrected chi connectivity index (χ2v) is 5.20. The molecule has 0 aromatic heterocycles. The monoisotopic (exact) mass is 296 g/mol. The van der Waals surface area contributed by atoms with Gasteiger partial charge in [0.25, 0.3) is 0 Å². The molecule has 4 atom stereocenters. The zero-order valence-corrected chi connectivity index (χ0v) is 11.1. The zero-order chi connectivity index (χ0) is 15.1. The number of rotatable bonds is 1. The first-order valence-corrected chi connectivity index (χ1v) is 6.48. The molecular weight excluding hydrogens is 284 g/mol. The van der Waals surface area contributed by atoms with Crippen molar-refractivity contribution in [1.82, 2.24) is 0 Å². The van der Waals surface area contributed by atoms with E-state index >= 15 is 0 Å². The Morgan fingerprint density at radius 1 is 1.00 bits per heavy atom. The van der Waals surface area contributed by atoms with Gasteiger partial charge in [-0.15, -0.1) is 0 Å². The second kappa shape index (κ2) is 4.87. The number of carbonyl (C=O) groups excluding carboxylic acids is 4. The van der Waals surface area contributed by atoms with Crippen molar-refractivity contribution in [3.05, 3.63) is 11.6 Å². The number of ether oxygens (including phenoxy) is 4. The third kappa shape index (κ3) is 2.48. The van der Waals surface area contributed by atoms with Crippen LogP contribution in [0.15, 0.2) is 11.6 Å². The Kier molecular flexibility index (Phi) is 3.15. The zero-order valence-electron chi connectivity index (χ0n) is 11.1. The fraction of sp³-hybridized carbons (Fsp3) is 0.538. The van der Waals surface area contributed by atoms with Gasteiger partial charge in [-0.25, -0.2) is 9.59 Å². The second-order valence-electron chi connectivity index (χ2n) is 5.20. The molecular formula is C13H12O8. The lowest BCUT2D eigenvalue weighted by Crippen LogP contribution is -2.40. The molecule has 112 valence electrons. The van der Waals surface area contributed by atoms with E-state index in [9.17, 15) is 19.2 Å². The SMILES string of the molecule is CC1C=C(C2CC(=O)OC2=O)CC2OC(=O)OC(=O)OC12. The first-order chi connectivity index (χ1) is 9.94. The van der Waals surface area contributed by atoms with Crippen molar-refractivity contribution < 1.29 is 38.1 Å². The van der Waals surface area contributed by atoms with Crippen LogP contribution in [-0.2, 0) is 28.5 Å². The lowest BCUT2D eigenvalue weighted by Gasteiger charge is -2.32. The summed E-state index contributed by atoms with van der Waals surface area (Å²) in [6.07, 6.45) is -1.76. The first kappa shape index (κ1) is 13.6. The maximum atomic E-state index is 11.6. The predicted octanol–water partition coefficient (Wildman–Crippen LogP) is 1.08. The molecule has 2 saturated heterocycles. The molecule has 1 aliphatic carbocycles. The summed E-state index contributed by atoms with van der Waals surface area (Å²) >= 11 is 0. The summed E-state index contributed by atoms with van der Waals surface area (Å²) in [6.45, 7) is 1.76. The van der Waals surface area contributed by atoms with Gasteiger partial charge in [0.2, 0.25) is 0 Å². The average molecular weight is 296 g/mol.